The minimum absolute atomic E-state index is 0.435. The van der Waals surface area contributed by atoms with E-state index in [9.17, 15) is 4.79 Å². The van der Waals surface area contributed by atoms with Crippen molar-refractivity contribution in [2.45, 2.75) is 25.3 Å². The number of aromatic nitrogens is 1. The molecule has 0 radical (unpaired) electrons. The number of rotatable bonds is 2. The number of pyridine rings is 1. The third-order valence-corrected chi connectivity index (χ3v) is 3.22. The Kier molecular flexibility index (Phi) is 3.43. The molecule has 0 spiro atoms. The normalized spacial score (nSPS) is 20.8. The van der Waals surface area contributed by atoms with Crippen molar-refractivity contribution in [3.8, 4) is 0 Å². The van der Waals surface area contributed by atoms with Crippen molar-refractivity contribution in [2.75, 3.05) is 11.4 Å². The van der Waals surface area contributed by atoms with Crippen LogP contribution in [0.25, 0.3) is 0 Å². The molecular weight excluding hydrogens is 272 g/mol. The Balaban J connectivity index is 2.26. The third-order valence-electron chi connectivity index (χ3n) is 2.78. The van der Waals surface area contributed by atoms with E-state index in [-0.39, 0.29) is 0 Å². The second kappa shape index (κ2) is 4.82. The molecule has 0 bridgehead atoms. The summed E-state index contributed by atoms with van der Waals surface area (Å²) in [4.78, 5) is 17.3. The van der Waals surface area contributed by atoms with E-state index < -0.39 is 12.0 Å². The molecule has 0 aromatic carbocycles. The van der Waals surface area contributed by atoms with Crippen LogP contribution in [-0.4, -0.2) is 28.6 Å². The van der Waals surface area contributed by atoms with Crippen molar-refractivity contribution in [3.63, 3.8) is 0 Å². The van der Waals surface area contributed by atoms with Gasteiger partial charge >= 0.3 is 5.97 Å². The molecule has 0 aliphatic carbocycles. The van der Waals surface area contributed by atoms with Gasteiger partial charge in [-0.05, 0) is 47.3 Å². The van der Waals surface area contributed by atoms with Crippen molar-refractivity contribution in [2.24, 2.45) is 0 Å². The first kappa shape index (κ1) is 11.4. The molecule has 1 aromatic rings. The molecule has 2 rings (SSSR count). The molecule has 1 saturated heterocycles. The van der Waals surface area contributed by atoms with E-state index in [4.69, 9.17) is 5.11 Å². The Morgan fingerprint density at radius 2 is 2.31 bits per heavy atom. The SMILES string of the molecule is O=C(O)[C@H]1CCCCN1c1cccc(Br)n1. The van der Waals surface area contributed by atoms with Gasteiger partial charge in [-0.25, -0.2) is 9.78 Å². The highest BCUT2D eigenvalue weighted by atomic mass is 79.9. The van der Waals surface area contributed by atoms with Gasteiger partial charge in [0.2, 0.25) is 0 Å². The molecule has 2 heterocycles. The number of carboxylic acids is 1. The maximum Gasteiger partial charge on any atom is 0.326 e. The van der Waals surface area contributed by atoms with E-state index in [0.717, 1.165) is 29.8 Å². The van der Waals surface area contributed by atoms with Crippen molar-refractivity contribution in [1.29, 1.82) is 0 Å². The second-order valence-corrected chi connectivity index (χ2v) is 4.67. The molecule has 86 valence electrons. The van der Waals surface area contributed by atoms with Crippen molar-refractivity contribution >= 4 is 27.7 Å². The quantitative estimate of drug-likeness (QED) is 0.847. The fourth-order valence-corrected chi connectivity index (χ4v) is 2.35. The van der Waals surface area contributed by atoms with E-state index in [1.54, 1.807) is 0 Å². The average molecular weight is 285 g/mol. The van der Waals surface area contributed by atoms with Gasteiger partial charge in [-0.2, -0.15) is 0 Å². The first-order chi connectivity index (χ1) is 7.68. The lowest BCUT2D eigenvalue weighted by molar-refractivity contribution is -0.139. The zero-order valence-electron chi connectivity index (χ0n) is 8.77. The van der Waals surface area contributed by atoms with Gasteiger partial charge in [0.1, 0.15) is 16.5 Å². The van der Waals surface area contributed by atoms with E-state index in [2.05, 4.69) is 20.9 Å². The van der Waals surface area contributed by atoms with Gasteiger partial charge in [0.05, 0.1) is 0 Å². The summed E-state index contributed by atoms with van der Waals surface area (Å²) in [6.45, 7) is 0.764. The topological polar surface area (TPSA) is 53.4 Å². The highest BCUT2D eigenvalue weighted by Gasteiger charge is 2.29. The molecular formula is C11H13BrN2O2. The zero-order valence-corrected chi connectivity index (χ0v) is 10.4. The second-order valence-electron chi connectivity index (χ2n) is 3.86. The van der Waals surface area contributed by atoms with Crippen LogP contribution >= 0.6 is 15.9 Å². The first-order valence-electron chi connectivity index (χ1n) is 5.30. The summed E-state index contributed by atoms with van der Waals surface area (Å²) in [5.74, 6) is -0.0250. The lowest BCUT2D eigenvalue weighted by Gasteiger charge is -2.33. The molecule has 0 saturated carbocycles. The summed E-state index contributed by atoms with van der Waals surface area (Å²) < 4.78 is 0.736. The van der Waals surface area contributed by atoms with E-state index in [1.807, 2.05) is 23.1 Å². The minimum atomic E-state index is -0.763. The summed E-state index contributed by atoms with van der Waals surface area (Å²) in [7, 11) is 0. The zero-order chi connectivity index (χ0) is 11.5. The number of carboxylic acid groups (broad SMARTS) is 1. The van der Waals surface area contributed by atoms with Crippen LogP contribution in [-0.2, 0) is 4.79 Å². The Morgan fingerprint density at radius 1 is 1.50 bits per heavy atom. The number of hydrogen-bond acceptors (Lipinski definition) is 3. The molecule has 1 aliphatic heterocycles. The molecule has 0 unspecified atom stereocenters. The maximum absolute atomic E-state index is 11.1. The van der Waals surface area contributed by atoms with Crippen LogP contribution in [0.15, 0.2) is 22.8 Å². The smallest absolute Gasteiger partial charge is 0.326 e. The van der Waals surface area contributed by atoms with Gasteiger partial charge in [0.25, 0.3) is 0 Å². The minimum Gasteiger partial charge on any atom is -0.480 e. The van der Waals surface area contributed by atoms with Crippen LogP contribution in [0.3, 0.4) is 0 Å². The van der Waals surface area contributed by atoms with E-state index >= 15 is 0 Å². The predicted molar refractivity (Wildman–Crippen MR) is 64.6 cm³/mol. The van der Waals surface area contributed by atoms with Gasteiger partial charge in [-0.1, -0.05) is 6.07 Å². The monoisotopic (exact) mass is 284 g/mol. The van der Waals surface area contributed by atoms with Crippen molar-refractivity contribution < 1.29 is 9.90 Å². The van der Waals surface area contributed by atoms with Crippen LogP contribution in [0.1, 0.15) is 19.3 Å². The van der Waals surface area contributed by atoms with Crippen molar-refractivity contribution in [1.82, 2.24) is 4.98 Å². The fourth-order valence-electron chi connectivity index (χ4n) is 2.02. The molecule has 4 nitrogen and oxygen atoms in total. The van der Waals surface area contributed by atoms with Gasteiger partial charge in [-0.15, -0.1) is 0 Å². The molecule has 16 heavy (non-hydrogen) atoms. The van der Waals surface area contributed by atoms with Crippen LogP contribution in [0.4, 0.5) is 5.82 Å². The van der Waals surface area contributed by atoms with Crippen LogP contribution in [0, 0.1) is 0 Å². The summed E-state index contributed by atoms with van der Waals surface area (Å²) in [6.07, 6.45) is 2.70. The van der Waals surface area contributed by atoms with Crippen molar-refractivity contribution in [3.05, 3.63) is 22.8 Å². The predicted octanol–water partition coefficient (Wildman–Crippen LogP) is 2.29. The Hall–Kier alpha value is -1.10. The Labute approximate surface area is 102 Å². The maximum atomic E-state index is 11.1. The number of halogens is 1. The van der Waals surface area contributed by atoms with E-state index in [0.29, 0.717) is 6.42 Å². The van der Waals surface area contributed by atoms with Gasteiger partial charge < -0.3 is 10.0 Å². The fraction of sp³-hybridized carbons (Fsp3) is 0.455. The number of anilines is 1. The number of nitrogens with zero attached hydrogens (tertiary/aromatic N) is 2. The standard InChI is InChI=1S/C11H13BrN2O2/c12-9-5-3-6-10(13-9)14-7-2-1-4-8(14)11(15)16/h3,5-6,8H,1-2,4,7H2,(H,15,16)/t8-/m1/s1. The third kappa shape index (κ3) is 2.35. The van der Waals surface area contributed by atoms with Crippen LogP contribution < -0.4 is 4.90 Å². The molecule has 1 N–H and O–H groups in total. The van der Waals surface area contributed by atoms with Gasteiger partial charge in [0.15, 0.2) is 0 Å². The molecule has 1 aromatic heterocycles. The summed E-state index contributed by atoms with van der Waals surface area (Å²) in [5.41, 5.74) is 0. The largest absolute Gasteiger partial charge is 0.480 e. The Morgan fingerprint density at radius 3 is 3.00 bits per heavy atom. The van der Waals surface area contributed by atoms with Gasteiger partial charge in [0, 0.05) is 6.54 Å². The molecule has 1 fully saturated rings. The summed E-state index contributed by atoms with van der Waals surface area (Å²) in [6, 6.07) is 5.13. The molecule has 5 heteroatoms. The first-order valence-corrected chi connectivity index (χ1v) is 6.10. The number of piperidine rings is 1. The van der Waals surface area contributed by atoms with E-state index in [1.165, 1.54) is 0 Å². The van der Waals surface area contributed by atoms with Crippen LogP contribution in [0.2, 0.25) is 0 Å². The highest BCUT2D eigenvalue weighted by Crippen LogP contribution is 2.24. The number of aliphatic carboxylic acids is 1. The van der Waals surface area contributed by atoms with Gasteiger partial charge in [-0.3, -0.25) is 0 Å². The lowest BCUT2D eigenvalue weighted by Crippen LogP contribution is -2.45. The number of hydrogen-bond donors (Lipinski definition) is 1. The highest BCUT2D eigenvalue weighted by molar-refractivity contribution is 9.10. The Bertz CT molecular complexity index is 397. The number of carbonyl (C=O) groups is 1. The average Bonchev–Trinajstić information content (AvgIpc) is 2.29. The molecule has 0 amide bonds. The lowest BCUT2D eigenvalue weighted by atomic mass is 10.0. The summed E-state index contributed by atoms with van der Waals surface area (Å²) >= 11 is 3.30. The van der Waals surface area contributed by atoms with Crippen LogP contribution in [0.5, 0.6) is 0 Å². The molecule has 1 atom stereocenters. The molecule has 1 aliphatic rings. The summed E-state index contributed by atoms with van der Waals surface area (Å²) in [5, 5.41) is 9.16.